The number of rotatable bonds is 5. The number of carbonyl (C=O) groups excluding carboxylic acids is 1. The van der Waals surface area contributed by atoms with Gasteiger partial charge < -0.3 is 15.4 Å². The van der Waals surface area contributed by atoms with Crippen LogP contribution in [-0.4, -0.2) is 39.3 Å². The fourth-order valence-corrected chi connectivity index (χ4v) is 2.61. The van der Waals surface area contributed by atoms with Gasteiger partial charge in [0.25, 0.3) is 0 Å². The molecule has 1 aromatic carbocycles. The summed E-state index contributed by atoms with van der Waals surface area (Å²) in [5.41, 5.74) is 0.267. The zero-order chi connectivity index (χ0) is 14.4. The van der Waals surface area contributed by atoms with Crippen molar-refractivity contribution < 1.29 is 13.9 Å². The maximum absolute atomic E-state index is 13.1. The second kappa shape index (κ2) is 6.81. The van der Waals surface area contributed by atoms with Crippen molar-refractivity contribution in [2.24, 2.45) is 0 Å². The molecule has 2 rings (SSSR count). The molecule has 0 atom stereocenters. The fourth-order valence-electron chi connectivity index (χ4n) is 2.61. The highest BCUT2D eigenvalue weighted by Crippen LogP contribution is 2.35. The van der Waals surface area contributed by atoms with E-state index in [4.69, 9.17) is 4.74 Å². The normalized spacial score (nSPS) is 17.7. The van der Waals surface area contributed by atoms with Gasteiger partial charge in [-0.25, -0.2) is 4.39 Å². The molecule has 1 heterocycles. The summed E-state index contributed by atoms with van der Waals surface area (Å²) in [7, 11) is 1.84. The van der Waals surface area contributed by atoms with Gasteiger partial charge >= 0.3 is 0 Å². The van der Waals surface area contributed by atoms with E-state index in [1.807, 2.05) is 7.05 Å². The van der Waals surface area contributed by atoms with Crippen molar-refractivity contribution in [3.05, 3.63) is 35.6 Å². The molecule has 5 heteroatoms. The molecule has 0 bridgehead atoms. The van der Waals surface area contributed by atoms with E-state index in [1.165, 1.54) is 12.1 Å². The van der Waals surface area contributed by atoms with Gasteiger partial charge in [0.15, 0.2) is 0 Å². The first kappa shape index (κ1) is 14.9. The van der Waals surface area contributed by atoms with E-state index in [1.54, 1.807) is 12.1 Å². The van der Waals surface area contributed by atoms with E-state index in [0.29, 0.717) is 32.6 Å². The lowest BCUT2D eigenvalue weighted by molar-refractivity contribution is -0.130. The van der Waals surface area contributed by atoms with Crippen molar-refractivity contribution in [2.45, 2.75) is 18.3 Å². The van der Waals surface area contributed by atoms with Gasteiger partial charge in [-0.2, -0.15) is 0 Å². The molecule has 1 amide bonds. The average molecular weight is 280 g/mol. The maximum atomic E-state index is 13.1. The standard InChI is InChI=1S/C15H21FN2O2/c1-17-8-9-18-14(19)15(6-10-20-11-7-15)12-2-4-13(16)5-3-12/h2-5,17H,6-11H2,1H3,(H,18,19). The summed E-state index contributed by atoms with van der Waals surface area (Å²) in [6.45, 7) is 2.41. The molecule has 1 aromatic rings. The Bertz CT molecular complexity index is 442. The van der Waals surface area contributed by atoms with Gasteiger partial charge in [-0.1, -0.05) is 12.1 Å². The van der Waals surface area contributed by atoms with Gasteiger partial charge in [0.2, 0.25) is 5.91 Å². The largest absolute Gasteiger partial charge is 0.381 e. The van der Waals surface area contributed by atoms with Crippen LogP contribution >= 0.6 is 0 Å². The van der Waals surface area contributed by atoms with Crippen molar-refractivity contribution in [1.29, 1.82) is 0 Å². The molecule has 110 valence electrons. The monoisotopic (exact) mass is 280 g/mol. The number of ether oxygens (including phenoxy) is 1. The minimum absolute atomic E-state index is 0.00246. The highest BCUT2D eigenvalue weighted by Gasteiger charge is 2.41. The Morgan fingerprint density at radius 3 is 2.50 bits per heavy atom. The van der Waals surface area contributed by atoms with E-state index in [9.17, 15) is 9.18 Å². The Morgan fingerprint density at radius 1 is 1.25 bits per heavy atom. The molecule has 1 saturated heterocycles. The second-order valence-electron chi connectivity index (χ2n) is 5.06. The summed E-state index contributed by atoms with van der Waals surface area (Å²) in [5.74, 6) is -0.283. The van der Waals surface area contributed by atoms with Crippen LogP contribution in [-0.2, 0) is 14.9 Å². The smallest absolute Gasteiger partial charge is 0.230 e. The summed E-state index contributed by atoms with van der Waals surface area (Å²) < 4.78 is 18.5. The Labute approximate surface area is 118 Å². The number of amides is 1. The molecule has 2 N–H and O–H groups in total. The molecule has 1 aliphatic heterocycles. The van der Waals surface area contributed by atoms with Crippen LogP contribution < -0.4 is 10.6 Å². The van der Waals surface area contributed by atoms with E-state index >= 15 is 0 Å². The summed E-state index contributed by atoms with van der Waals surface area (Å²) >= 11 is 0. The van der Waals surface area contributed by atoms with E-state index < -0.39 is 5.41 Å². The Kier molecular flexibility index (Phi) is 5.09. The van der Waals surface area contributed by atoms with Crippen molar-refractivity contribution in [3.63, 3.8) is 0 Å². The minimum atomic E-state index is -0.598. The maximum Gasteiger partial charge on any atom is 0.230 e. The fraction of sp³-hybridized carbons (Fsp3) is 0.533. The Hall–Kier alpha value is -1.46. The molecule has 4 nitrogen and oxygen atoms in total. The van der Waals surface area contributed by atoms with Gasteiger partial charge in [0, 0.05) is 26.3 Å². The van der Waals surface area contributed by atoms with E-state index in [-0.39, 0.29) is 11.7 Å². The molecular formula is C15H21FN2O2. The van der Waals surface area contributed by atoms with Crippen LogP contribution in [0.15, 0.2) is 24.3 Å². The van der Waals surface area contributed by atoms with E-state index in [0.717, 1.165) is 12.1 Å². The van der Waals surface area contributed by atoms with Gasteiger partial charge in [0.05, 0.1) is 5.41 Å². The van der Waals surface area contributed by atoms with E-state index in [2.05, 4.69) is 10.6 Å². The third kappa shape index (κ3) is 3.16. The first-order chi connectivity index (χ1) is 9.69. The Balaban J connectivity index is 2.20. The molecule has 0 unspecified atom stereocenters. The number of hydrogen-bond acceptors (Lipinski definition) is 3. The Morgan fingerprint density at radius 2 is 1.90 bits per heavy atom. The summed E-state index contributed by atoms with van der Waals surface area (Å²) in [6, 6.07) is 6.23. The molecule has 0 radical (unpaired) electrons. The summed E-state index contributed by atoms with van der Waals surface area (Å²) in [6.07, 6.45) is 1.26. The van der Waals surface area contributed by atoms with Crippen LogP contribution in [0.2, 0.25) is 0 Å². The predicted molar refractivity (Wildman–Crippen MR) is 75.1 cm³/mol. The number of likely N-dealkylation sites (N-methyl/N-ethyl adjacent to an activating group) is 1. The van der Waals surface area contributed by atoms with Crippen LogP contribution in [0.25, 0.3) is 0 Å². The predicted octanol–water partition coefficient (Wildman–Crippen LogP) is 1.21. The number of benzene rings is 1. The quantitative estimate of drug-likeness (QED) is 0.797. The molecule has 0 spiro atoms. The third-order valence-electron chi connectivity index (χ3n) is 3.84. The highest BCUT2D eigenvalue weighted by atomic mass is 19.1. The van der Waals surface area contributed by atoms with Crippen molar-refractivity contribution in [2.75, 3.05) is 33.4 Å². The van der Waals surface area contributed by atoms with Crippen LogP contribution in [0.1, 0.15) is 18.4 Å². The van der Waals surface area contributed by atoms with Gasteiger partial charge in [-0.15, -0.1) is 0 Å². The SMILES string of the molecule is CNCCNC(=O)C1(c2ccc(F)cc2)CCOCC1. The van der Waals surface area contributed by atoms with Crippen LogP contribution in [0, 0.1) is 5.82 Å². The molecular weight excluding hydrogens is 259 g/mol. The molecule has 0 saturated carbocycles. The number of nitrogens with one attached hydrogen (secondary N) is 2. The number of carbonyl (C=O) groups is 1. The first-order valence-electron chi connectivity index (χ1n) is 6.96. The van der Waals surface area contributed by atoms with Crippen molar-refractivity contribution in [1.82, 2.24) is 10.6 Å². The summed E-state index contributed by atoms with van der Waals surface area (Å²) in [4.78, 5) is 12.6. The van der Waals surface area contributed by atoms with Crippen molar-refractivity contribution in [3.8, 4) is 0 Å². The molecule has 20 heavy (non-hydrogen) atoms. The molecule has 1 aliphatic rings. The second-order valence-corrected chi connectivity index (χ2v) is 5.06. The van der Waals surface area contributed by atoms with Gasteiger partial charge in [-0.3, -0.25) is 4.79 Å². The minimum Gasteiger partial charge on any atom is -0.381 e. The highest BCUT2D eigenvalue weighted by molar-refractivity contribution is 5.88. The van der Waals surface area contributed by atoms with Gasteiger partial charge in [0.1, 0.15) is 5.82 Å². The number of hydrogen-bond donors (Lipinski definition) is 2. The lowest BCUT2D eigenvalue weighted by Crippen LogP contribution is -2.49. The van der Waals surface area contributed by atoms with Crippen LogP contribution in [0.4, 0.5) is 4.39 Å². The van der Waals surface area contributed by atoms with Gasteiger partial charge in [-0.05, 0) is 37.6 Å². The third-order valence-corrected chi connectivity index (χ3v) is 3.84. The summed E-state index contributed by atoms with van der Waals surface area (Å²) in [5, 5.41) is 5.95. The van der Waals surface area contributed by atoms with Crippen molar-refractivity contribution >= 4 is 5.91 Å². The lowest BCUT2D eigenvalue weighted by Gasteiger charge is -2.36. The molecule has 1 fully saturated rings. The topological polar surface area (TPSA) is 50.4 Å². The molecule has 0 aliphatic carbocycles. The van der Waals surface area contributed by atoms with Crippen LogP contribution in [0.5, 0.6) is 0 Å². The average Bonchev–Trinajstić information content (AvgIpc) is 2.49. The first-order valence-corrected chi connectivity index (χ1v) is 6.96. The zero-order valence-electron chi connectivity index (χ0n) is 11.7. The van der Waals surface area contributed by atoms with Crippen LogP contribution in [0.3, 0.4) is 0 Å². The molecule has 0 aromatic heterocycles. The zero-order valence-corrected chi connectivity index (χ0v) is 11.7. The number of halogens is 1. The lowest BCUT2D eigenvalue weighted by atomic mass is 9.73.